The lowest BCUT2D eigenvalue weighted by atomic mass is 10.1. The Morgan fingerprint density at radius 1 is 1.38 bits per heavy atom. The largest absolute Gasteiger partial charge is 0.383 e. The van der Waals surface area contributed by atoms with E-state index < -0.39 is 0 Å². The summed E-state index contributed by atoms with van der Waals surface area (Å²) >= 11 is 7.74. The molecule has 1 aromatic carbocycles. The van der Waals surface area contributed by atoms with Gasteiger partial charge in [-0.2, -0.15) is 0 Å². The van der Waals surface area contributed by atoms with Crippen LogP contribution in [-0.4, -0.2) is 21.6 Å². The molecule has 0 spiro atoms. The summed E-state index contributed by atoms with van der Waals surface area (Å²) < 4.78 is 0. The van der Waals surface area contributed by atoms with Crippen LogP contribution in [0.5, 0.6) is 0 Å². The first-order valence-electron chi connectivity index (χ1n) is 7.84. The van der Waals surface area contributed by atoms with E-state index in [-0.39, 0.29) is 12.3 Å². The number of carbonyl (C=O) groups is 1. The fourth-order valence-electron chi connectivity index (χ4n) is 2.56. The van der Waals surface area contributed by atoms with Gasteiger partial charge in [-0.3, -0.25) is 9.69 Å². The number of amides is 1. The number of thioether (sulfide) groups is 1. The number of hydrogen-bond donors (Lipinski definition) is 1. The maximum absolute atomic E-state index is 12.4. The first kappa shape index (κ1) is 17.0. The van der Waals surface area contributed by atoms with Gasteiger partial charge in [0.2, 0.25) is 5.91 Å². The van der Waals surface area contributed by atoms with Crippen molar-refractivity contribution in [1.29, 1.82) is 0 Å². The molecule has 1 amide bonds. The van der Waals surface area contributed by atoms with Crippen LogP contribution in [0, 0.1) is 6.92 Å². The molecule has 2 heterocycles. The van der Waals surface area contributed by atoms with E-state index in [1.165, 1.54) is 0 Å². The smallest absolute Gasteiger partial charge is 0.233 e. The van der Waals surface area contributed by atoms with Crippen LogP contribution in [0.3, 0.4) is 0 Å². The fourth-order valence-corrected chi connectivity index (χ4v) is 3.47. The van der Waals surface area contributed by atoms with Crippen molar-refractivity contribution in [2.24, 2.45) is 0 Å². The number of nitrogens with zero attached hydrogens (tertiary/aromatic N) is 3. The number of aryl methyl sites for hydroxylation is 1. The number of anilines is 2. The second-order valence-electron chi connectivity index (χ2n) is 5.78. The van der Waals surface area contributed by atoms with Crippen molar-refractivity contribution >= 4 is 40.9 Å². The van der Waals surface area contributed by atoms with Gasteiger partial charge < -0.3 is 5.73 Å². The molecule has 1 aliphatic heterocycles. The number of nitrogens with two attached hydrogens (primary N) is 1. The van der Waals surface area contributed by atoms with E-state index in [0.717, 1.165) is 28.9 Å². The van der Waals surface area contributed by atoms with Crippen LogP contribution in [0.2, 0.25) is 5.02 Å². The number of fused-ring (bicyclic) bond motifs is 1. The molecular formula is C17H19ClN4OS. The monoisotopic (exact) mass is 362 g/mol. The van der Waals surface area contributed by atoms with Crippen molar-refractivity contribution in [2.45, 2.75) is 38.4 Å². The second kappa shape index (κ2) is 6.99. The molecule has 0 fully saturated rings. The third kappa shape index (κ3) is 3.35. The highest BCUT2D eigenvalue weighted by Crippen LogP contribution is 2.34. The zero-order chi connectivity index (χ0) is 17.3. The van der Waals surface area contributed by atoms with Gasteiger partial charge in [0.1, 0.15) is 11.6 Å². The SMILES string of the molecule is CCCSc1nc(N)c2c(n1)N(Cc1ccc(C)c(Cl)c1)C(=O)C2. The van der Waals surface area contributed by atoms with Gasteiger partial charge in [-0.15, -0.1) is 0 Å². The summed E-state index contributed by atoms with van der Waals surface area (Å²) in [5, 5.41) is 1.32. The van der Waals surface area contributed by atoms with Crippen LogP contribution in [0.25, 0.3) is 0 Å². The minimum Gasteiger partial charge on any atom is -0.383 e. The lowest BCUT2D eigenvalue weighted by Crippen LogP contribution is -2.26. The van der Waals surface area contributed by atoms with Crippen LogP contribution in [0.4, 0.5) is 11.6 Å². The zero-order valence-electron chi connectivity index (χ0n) is 13.7. The molecule has 5 nitrogen and oxygen atoms in total. The number of hydrogen-bond acceptors (Lipinski definition) is 5. The molecule has 126 valence electrons. The first-order valence-corrected chi connectivity index (χ1v) is 9.20. The van der Waals surface area contributed by atoms with E-state index in [4.69, 9.17) is 17.3 Å². The Hall–Kier alpha value is -1.79. The molecule has 7 heteroatoms. The highest BCUT2D eigenvalue weighted by atomic mass is 35.5. The molecule has 0 saturated carbocycles. The number of carbonyl (C=O) groups excluding carboxylic acids is 1. The van der Waals surface area contributed by atoms with Gasteiger partial charge in [0, 0.05) is 16.3 Å². The fraction of sp³-hybridized carbons (Fsp3) is 0.353. The van der Waals surface area contributed by atoms with E-state index in [9.17, 15) is 4.79 Å². The molecule has 2 N–H and O–H groups in total. The van der Waals surface area contributed by atoms with E-state index in [1.807, 2.05) is 25.1 Å². The topological polar surface area (TPSA) is 72.1 Å². The molecule has 0 radical (unpaired) electrons. The average Bonchev–Trinajstić information content (AvgIpc) is 2.86. The summed E-state index contributed by atoms with van der Waals surface area (Å²) in [5.41, 5.74) is 8.74. The van der Waals surface area contributed by atoms with Gasteiger partial charge in [-0.1, -0.05) is 42.4 Å². The van der Waals surface area contributed by atoms with Gasteiger partial charge in [0.05, 0.1) is 13.0 Å². The Balaban J connectivity index is 1.92. The maximum atomic E-state index is 12.4. The van der Waals surface area contributed by atoms with Crippen LogP contribution in [-0.2, 0) is 17.8 Å². The van der Waals surface area contributed by atoms with Gasteiger partial charge in [-0.25, -0.2) is 9.97 Å². The highest BCUT2D eigenvalue weighted by molar-refractivity contribution is 7.99. The normalized spacial score (nSPS) is 13.5. The second-order valence-corrected chi connectivity index (χ2v) is 7.25. The molecule has 0 aliphatic carbocycles. The molecule has 0 unspecified atom stereocenters. The summed E-state index contributed by atoms with van der Waals surface area (Å²) in [5.74, 6) is 1.93. The van der Waals surface area contributed by atoms with E-state index >= 15 is 0 Å². The molecule has 3 rings (SSSR count). The number of rotatable bonds is 5. The van der Waals surface area contributed by atoms with E-state index in [2.05, 4.69) is 16.9 Å². The van der Waals surface area contributed by atoms with Crippen LogP contribution in [0.1, 0.15) is 30.0 Å². The quantitative estimate of drug-likeness (QED) is 0.649. The number of benzene rings is 1. The maximum Gasteiger partial charge on any atom is 0.233 e. The predicted molar refractivity (Wildman–Crippen MR) is 98.5 cm³/mol. The summed E-state index contributed by atoms with van der Waals surface area (Å²) in [6, 6.07) is 5.82. The van der Waals surface area contributed by atoms with Crippen molar-refractivity contribution in [2.75, 3.05) is 16.4 Å². The van der Waals surface area contributed by atoms with Crippen molar-refractivity contribution in [3.63, 3.8) is 0 Å². The minimum atomic E-state index is -0.0136. The van der Waals surface area contributed by atoms with Crippen LogP contribution < -0.4 is 10.6 Å². The Labute approximate surface area is 150 Å². The number of aromatic nitrogens is 2. The first-order chi connectivity index (χ1) is 11.5. The zero-order valence-corrected chi connectivity index (χ0v) is 15.2. The van der Waals surface area contributed by atoms with Crippen molar-refractivity contribution in [3.05, 3.63) is 39.9 Å². The van der Waals surface area contributed by atoms with Gasteiger partial charge in [0.15, 0.2) is 5.16 Å². The van der Waals surface area contributed by atoms with Crippen molar-refractivity contribution in [3.8, 4) is 0 Å². The number of nitrogen functional groups attached to an aromatic ring is 1. The van der Waals surface area contributed by atoms with Crippen LogP contribution in [0.15, 0.2) is 23.4 Å². The molecular weight excluding hydrogens is 344 g/mol. The van der Waals surface area contributed by atoms with Crippen LogP contribution >= 0.6 is 23.4 Å². The van der Waals surface area contributed by atoms with Gasteiger partial charge in [-0.05, 0) is 30.5 Å². The van der Waals surface area contributed by atoms with Crippen molar-refractivity contribution in [1.82, 2.24) is 9.97 Å². The summed E-state index contributed by atoms with van der Waals surface area (Å²) in [6.45, 7) is 4.48. The highest BCUT2D eigenvalue weighted by Gasteiger charge is 2.32. The summed E-state index contributed by atoms with van der Waals surface area (Å²) in [4.78, 5) is 23.0. The lowest BCUT2D eigenvalue weighted by Gasteiger charge is -2.17. The summed E-state index contributed by atoms with van der Waals surface area (Å²) in [7, 11) is 0. The lowest BCUT2D eigenvalue weighted by molar-refractivity contribution is -0.117. The molecule has 0 bridgehead atoms. The number of halogens is 1. The third-order valence-electron chi connectivity index (χ3n) is 3.89. The van der Waals surface area contributed by atoms with Gasteiger partial charge in [0.25, 0.3) is 0 Å². The van der Waals surface area contributed by atoms with Crippen molar-refractivity contribution < 1.29 is 4.79 Å². The van der Waals surface area contributed by atoms with E-state index in [0.29, 0.717) is 28.4 Å². The molecule has 0 atom stereocenters. The minimum absolute atomic E-state index is 0.0136. The summed E-state index contributed by atoms with van der Waals surface area (Å²) in [6.07, 6.45) is 1.27. The molecule has 2 aromatic rings. The van der Waals surface area contributed by atoms with Gasteiger partial charge >= 0.3 is 0 Å². The average molecular weight is 363 g/mol. The standard InChI is InChI=1S/C17H19ClN4OS/c1-3-6-24-17-20-15(19)12-8-14(23)22(16(12)21-17)9-11-5-4-10(2)13(18)7-11/h4-5,7H,3,6,8-9H2,1-2H3,(H2,19,20,21). The Kier molecular flexibility index (Phi) is 4.96. The third-order valence-corrected chi connectivity index (χ3v) is 5.35. The Morgan fingerprint density at radius 2 is 2.17 bits per heavy atom. The Bertz CT molecular complexity index is 796. The molecule has 0 saturated heterocycles. The molecule has 24 heavy (non-hydrogen) atoms. The predicted octanol–water partition coefficient (Wildman–Crippen LogP) is 3.61. The molecule has 1 aliphatic rings. The molecule has 1 aromatic heterocycles. The van der Waals surface area contributed by atoms with E-state index in [1.54, 1.807) is 16.7 Å². The Morgan fingerprint density at radius 3 is 2.88 bits per heavy atom.